The van der Waals surface area contributed by atoms with Crippen LogP contribution < -0.4 is 4.90 Å². The van der Waals surface area contributed by atoms with Gasteiger partial charge >= 0.3 is 0 Å². The number of anilines is 1. The van der Waals surface area contributed by atoms with Crippen LogP contribution in [0.5, 0.6) is 0 Å². The van der Waals surface area contributed by atoms with Crippen molar-refractivity contribution in [2.24, 2.45) is 0 Å². The van der Waals surface area contributed by atoms with Crippen LogP contribution >= 0.6 is 0 Å². The summed E-state index contributed by atoms with van der Waals surface area (Å²) in [6, 6.07) is 9.07. The van der Waals surface area contributed by atoms with Crippen LogP contribution in [0.1, 0.15) is 25.0 Å². The maximum atomic E-state index is 9.23. The van der Waals surface area contributed by atoms with Gasteiger partial charge in [0.1, 0.15) is 6.07 Å². The molecule has 2 rings (SSSR count). The summed E-state index contributed by atoms with van der Waals surface area (Å²) in [5, 5.41) is 9.23. The quantitative estimate of drug-likeness (QED) is 0.799. The van der Waals surface area contributed by atoms with Gasteiger partial charge in [0.15, 0.2) is 0 Å². The molecule has 1 fully saturated rings. The minimum absolute atomic E-state index is 0.612. The highest BCUT2D eigenvalue weighted by Gasteiger charge is 2.20. The molecule has 0 bridgehead atoms. The second kappa shape index (κ2) is 5.41. The smallest absolute Gasteiger partial charge is 0.101 e. The lowest BCUT2D eigenvalue weighted by atomic mass is 10.1. The highest BCUT2D eigenvalue weighted by molar-refractivity contribution is 5.60. The summed E-state index contributed by atoms with van der Waals surface area (Å²) < 4.78 is 0. The molecule has 0 radical (unpaired) electrons. The Labute approximate surface area is 110 Å². The molecule has 0 atom stereocenters. The van der Waals surface area contributed by atoms with E-state index in [2.05, 4.69) is 41.8 Å². The Morgan fingerprint density at radius 1 is 1.17 bits per heavy atom. The lowest BCUT2D eigenvalue weighted by molar-refractivity contribution is 0.209. The first-order valence-electron chi connectivity index (χ1n) is 6.61. The van der Waals surface area contributed by atoms with Crippen LogP contribution in [0.2, 0.25) is 0 Å². The minimum atomic E-state index is 0.612. The first kappa shape index (κ1) is 12.9. The molecule has 1 aromatic carbocycles. The van der Waals surface area contributed by atoms with Crippen molar-refractivity contribution in [1.29, 1.82) is 5.26 Å². The first-order chi connectivity index (χ1) is 8.61. The Balaban J connectivity index is 2.13. The molecule has 0 N–H and O–H groups in total. The van der Waals surface area contributed by atoms with Crippen LogP contribution in [0.15, 0.2) is 18.2 Å². The van der Waals surface area contributed by atoms with Crippen LogP contribution in [-0.4, -0.2) is 37.1 Å². The molecule has 1 saturated heterocycles. The van der Waals surface area contributed by atoms with Gasteiger partial charge in [0, 0.05) is 32.2 Å². The number of aryl methyl sites for hydroxylation is 1. The van der Waals surface area contributed by atoms with E-state index in [4.69, 9.17) is 0 Å². The lowest BCUT2D eigenvalue weighted by Crippen LogP contribution is -2.49. The summed E-state index contributed by atoms with van der Waals surface area (Å²) >= 11 is 0. The van der Waals surface area contributed by atoms with E-state index in [0.29, 0.717) is 6.04 Å². The van der Waals surface area contributed by atoms with Crippen molar-refractivity contribution in [3.8, 4) is 6.07 Å². The van der Waals surface area contributed by atoms with Crippen LogP contribution in [0.3, 0.4) is 0 Å². The maximum Gasteiger partial charge on any atom is 0.101 e. The fourth-order valence-electron chi connectivity index (χ4n) is 2.49. The molecular weight excluding hydrogens is 222 g/mol. The lowest BCUT2D eigenvalue weighted by Gasteiger charge is -2.38. The molecule has 1 aromatic rings. The highest BCUT2D eigenvalue weighted by atomic mass is 15.3. The Morgan fingerprint density at radius 2 is 1.83 bits per heavy atom. The normalized spacial score (nSPS) is 16.9. The molecule has 0 saturated carbocycles. The monoisotopic (exact) mass is 243 g/mol. The molecule has 0 aromatic heterocycles. The molecule has 0 spiro atoms. The van der Waals surface area contributed by atoms with Gasteiger partial charge in [-0.25, -0.2) is 0 Å². The van der Waals surface area contributed by atoms with E-state index >= 15 is 0 Å². The van der Waals surface area contributed by atoms with Crippen molar-refractivity contribution in [2.45, 2.75) is 26.8 Å². The number of rotatable bonds is 2. The number of nitriles is 1. The Bertz CT molecular complexity index is 451. The molecule has 0 aliphatic carbocycles. The van der Waals surface area contributed by atoms with Crippen molar-refractivity contribution in [3.05, 3.63) is 29.3 Å². The average Bonchev–Trinajstić information content (AvgIpc) is 2.38. The molecule has 3 nitrogen and oxygen atoms in total. The standard InChI is InChI=1S/C15H21N3/c1-12(2)17-6-8-18(9-7-17)15-5-4-13(3)10-14(15)11-16/h4-5,10,12H,6-9H2,1-3H3. The summed E-state index contributed by atoms with van der Waals surface area (Å²) in [6.07, 6.45) is 0. The molecule has 96 valence electrons. The molecule has 1 heterocycles. The van der Waals surface area contributed by atoms with Crippen LogP contribution in [0, 0.1) is 18.3 Å². The molecular formula is C15H21N3. The van der Waals surface area contributed by atoms with Gasteiger partial charge in [0.25, 0.3) is 0 Å². The molecule has 18 heavy (non-hydrogen) atoms. The molecule has 0 amide bonds. The van der Waals surface area contributed by atoms with E-state index in [0.717, 1.165) is 43.0 Å². The topological polar surface area (TPSA) is 30.3 Å². The molecule has 0 unspecified atom stereocenters. The van der Waals surface area contributed by atoms with Crippen molar-refractivity contribution >= 4 is 5.69 Å². The zero-order valence-electron chi connectivity index (χ0n) is 11.5. The molecule has 3 heteroatoms. The van der Waals surface area contributed by atoms with E-state index in [9.17, 15) is 5.26 Å². The summed E-state index contributed by atoms with van der Waals surface area (Å²) in [6.45, 7) is 10.7. The summed E-state index contributed by atoms with van der Waals surface area (Å²) in [4.78, 5) is 4.81. The van der Waals surface area contributed by atoms with Crippen molar-refractivity contribution in [1.82, 2.24) is 4.90 Å². The van der Waals surface area contributed by atoms with Gasteiger partial charge in [0.05, 0.1) is 11.3 Å². The summed E-state index contributed by atoms with van der Waals surface area (Å²) in [5.41, 5.74) is 3.04. The van der Waals surface area contributed by atoms with Gasteiger partial charge in [-0.3, -0.25) is 4.90 Å². The van der Waals surface area contributed by atoms with E-state index in [1.165, 1.54) is 0 Å². The second-order valence-electron chi connectivity index (χ2n) is 5.25. The van der Waals surface area contributed by atoms with Crippen molar-refractivity contribution < 1.29 is 0 Å². The van der Waals surface area contributed by atoms with Gasteiger partial charge in [-0.1, -0.05) is 6.07 Å². The van der Waals surface area contributed by atoms with E-state index in [1.54, 1.807) is 0 Å². The number of benzene rings is 1. The first-order valence-corrected chi connectivity index (χ1v) is 6.61. The van der Waals surface area contributed by atoms with E-state index < -0.39 is 0 Å². The maximum absolute atomic E-state index is 9.23. The SMILES string of the molecule is Cc1ccc(N2CCN(C(C)C)CC2)c(C#N)c1. The number of nitrogens with zero attached hydrogens (tertiary/aromatic N) is 3. The van der Waals surface area contributed by atoms with Crippen LogP contribution in [0.25, 0.3) is 0 Å². The van der Waals surface area contributed by atoms with E-state index in [-0.39, 0.29) is 0 Å². The zero-order valence-corrected chi connectivity index (χ0v) is 11.5. The average molecular weight is 243 g/mol. The largest absolute Gasteiger partial charge is 0.368 e. The van der Waals surface area contributed by atoms with Gasteiger partial charge < -0.3 is 4.90 Å². The predicted octanol–water partition coefficient (Wildman–Crippen LogP) is 2.40. The third-order valence-electron chi connectivity index (χ3n) is 3.66. The second-order valence-corrected chi connectivity index (χ2v) is 5.25. The number of hydrogen-bond acceptors (Lipinski definition) is 3. The van der Waals surface area contributed by atoms with Gasteiger partial charge in [-0.05, 0) is 38.5 Å². The van der Waals surface area contributed by atoms with Crippen LogP contribution in [-0.2, 0) is 0 Å². The van der Waals surface area contributed by atoms with Crippen LogP contribution in [0.4, 0.5) is 5.69 Å². The van der Waals surface area contributed by atoms with Crippen molar-refractivity contribution in [2.75, 3.05) is 31.1 Å². The fraction of sp³-hybridized carbons (Fsp3) is 0.533. The van der Waals surface area contributed by atoms with Gasteiger partial charge in [-0.2, -0.15) is 5.26 Å². The number of hydrogen-bond donors (Lipinski definition) is 0. The van der Waals surface area contributed by atoms with Gasteiger partial charge in [0.2, 0.25) is 0 Å². The Hall–Kier alpha value is -1.53. The minimum Gasteiger partial charge on any atom is -0.368 e. The predicted molar refractivity (Wildman–Crippen MR) is 74.8 cm³/mol. The molecule has 1 aliphatic heterocycles. The van der Waals surface area contributed by atoms with Crippen molar-refractivity contribution in [3.63, 3.8) is 0 Å². The summed E-state index contributed by atoms with van der Waals surface area (Å²) in [5.74, 6) is 0. The number of piperazine rings is 1. The third kappa shape index (κ3) is 2.65. The van der Waals surface area contributed by atoms with Gasteiger partial charge in [-0.15, -0.1) is 0 Å². The zero-order chi connectivity index (χ0) is 13.1. The highest BCUT2D eigenvalue weighted by Crippen LogP contribution is 2.23. The molecule has 1 aliphatic rings. The Kier molecular flexibility index (Phi) is 3.88. The Morgan fingerprint density at radius 3 is 2.39 bits per heavy atom. The summed E-state index contributed by atoms with van der Waals surface area (Å²) in [7, 11) is 0. The fourth-order valence-corrected chi connectivity index (χ4v) is 2.49. The third-order valence-corrected chi connectivity index (χ3v) is 3.66. The van der Waals surface area contributed by atoms with E-state index in [1.807, 2.05) is 13.0 Å².